The molecular weight excluding hydrogens is 276 g/mol. The number of aromatic nitrogens is 1. The molecule has 0 saturated heterocycles. The van der Waals surface area contributed by atoms with Crippen molar-refractivity contribution in [1.29, 1.82) is 0 Å². The van der Waals surface area contributed by atoms with Crippen LogP contribution in [0.4, 0.5) is 0 Å². The number of rotatable bonds is 3. The van der Waals surface area contributed by atoms with Crippen LogP contribution < -0.4 is 0 Å². The van der Waals surface area contributed by atoms with Crippen LogP contribution in [0, 0.1) is 0 Å². The fourth-order valence-electron chi connectivity index (χ4n) is 2.66. The van der Waals surface area contributed by atoms with Gasteiger partial charge in [0.15, 0.2) is 0 Å². The van der Waals surface area contributed by atoms with Crippen molar-refractivity contribution in [3.63, 3.8) is 0 Å². The van der Waals surface area contributed by atoms with E-state index in [1.54, 1.807) is 0 Å². The van der Waals surface area contributed by atoms with Gasteiger partial charge in [-0.15, -0.1) is 0 Å². The second-order valence-electron chi connectivity index (χ2n) is 5.25. The third-order valence-corrected chi connectivity index (χ3v) is 4.86. The molecule has 3 aromatic rings. The number of fused-ring (bicyclic) bond motifs is 1. The van der Waals surface area contributed by atoms with Gasteiger partial charge < -0.3 is 4.57 Å². The van der Waals surface area contributed by atoms with Crippen LogP contribution in [-0.4, -0.2) is 8.87 Å². The van der Waals surface area contributed by atoms with Crippen molar-refractivity contribution >= 4 is 11.9 Å². The van der Waals surface area contributed by atoms with E-state index in [4.69, 9.17) is 0 Å². The molecular formula is C18H16N2S. The van der Waals surface area contributed by atoms with Gasteiger partial charge in [-0.25, -0.2) is 4.31 Å². The van der Waals surface area contributed by atoms with Crippen molar-refractivity contribution in [2.24, 2.45) is 0 Å². The first-order valence-electron chi connectivity index (χ1n) is 7.11. The van der Waals surface area contributed by atoms with Crippen molar-refractivity contribution in [2.75, 3.05) is 0 Å². The molecule has 1 aliphatic heterocycles. The van der Waals surface area contributed by atoms with E-state index < -0.39 is 0 Å². The molecule has 1 aliphatic rings. The summed E-state index contributed by atoms with van der Waals surface area (Å²) in [6, 6.07) is 21.6. The Labute approximate surface area is 129 Å². The highest BCUT2D eigenvalue weighted by molar-refractivity contribution is 7.97. The van der Waals surface area contributed by atoms with Gasteiger partial charge in [0.05, 0.1) is 0 Å². The van der Waals surface area contributed by atoms with Gasteiger partial charge >= 0.3 is 0 Å². The van der Waals surface area contributed by atoms with Gasteiger partial charge in [0.2, 0.25) is 0 Å². The quantitative estimate of drug-likeness (QED) is 0.657. The fourth-order valence-corrected chi connectivity index (χ4v) is 3.74. The van der Waals surface area contributed by atoms with Crippen molar-refractivity contribution in [2.45, 2.75) is 18.0 Å². The largest absolute Gasteiger partial charge is 0.324 e. The zero-order valence-electron chi connectivity index (χ0n) is 11.6. The normalized spacial score (nSPS) is 14.3. The molecule has 0 bridgehead atoms. The Kier molecular flexibility index (Phi) is 3.30. The second kappa shape index (κ2) is 5.43. The Balaban J connectivity index is 1.47. The zero-order valence-corrected chi connectivity index (χ0v) is 12.5. The molecule has 1 aromatic heterocycles. The molecule has 0 aliphatic carbocycles. The molecule has 4 rings (SSSR count). The van der Waals surface area contributed by atoms with E-state index in [-0.39, 0.29) is 0 Å². The number of nitrogens with zero attached hydrogens (tertiary/aromatic N) is 2. The summed E-state index contributed by atoms with van der Waals surface area (Å²) in [4.78, 5) is 1.39. The fraction of sp³-hybridized carbons (Fsp3) is 0.111. The average molecular weight is 292 g/mol. The average Bonchev–Trinajstić information content (AvgIpc) is 3.17. The molecule has 0 atom stereocenters. The van der Waals surface area contributed by atoms with E-state index in [0.717, 1.165) is 13.1 Å². The Morgan fingerprint density at radius 1 is 0.857 bits per heavy atom. The Morgan fingerprint density at radius 3 is 2.38 bits per heavy atom. The van der Waals surface area contributed by atoms with E-state index >= 15 is 0 Å². The minimum atomic E-state index is 0.977. The van der Waals surface area contributed by atoms with Gasteiger partial charge in [-0.2, -0.15) is 0 Å². The SMILES string of the molecule is c1ccc2c(c1)CN(Cc1ccc(-n3cccc3)cc1)S2. The van der Waals surface area contributed by atoms with Gasteiger partial charge in [0, 0.05) is 36.1 Å². The Bertz CT molecular complexity index is 707. The molecule has 0 N–H and O–H groups in total. The molecule has 0 unspecified atom stereocenters. The number of hydrogen-bond donors (Lipinski definition) is 0. The predicted octanol–water partition coefficient (Wildman–Crippen LogP) is 4.50. The van der Waals surface area contributed by atoms with Crippen molar-refractivity contribution in [3.05, 3.63) is 84.2 Å². The highest BCUT2D eigenvalue weighted by Crippen LogP contribution is 2.36. The van der Waals surface area contributed by atoms with E-state index in [2.05, 4.69) is 69.8 Å². The number of hydrogen-bond acceptors (Lipinski definition) is 2. The molecule has 21 heavy (non-hydrogen) atoms. The third-order valence-electron chi connectivity index (χ3n) is 3.74. The van der Waals surface area contributed by atoms with E-state index in [1.165, 1.54) is 21.7 Å². The number of benzene rings is 2. The van der Waals surface area contributed by atoms with Crippen molar-refractivity contribution in [3.8, 4) is 5.69 Å². The highest BCUT2D eigenvalue weighted by Gasteiger charge is 2.19. The van der Waals surface area contributed by atoms with Gasteiger partial charge in [0.25, 0.3) is 0 Å². The van der Waals surface area contributed by atoms with Crippen LogP contribution in [0.5, 0.6) is 0 Å². The first kappa shape index (κ1) is 12.7. The zero-order chi connectivity index (χ0) is 14.1. The van der Waals surface area contributed by atoms with Crippen LogP contribution in [-0.2, 0) is 13.1 Å². The van der Waals surface area contributed by atoms with E-state index in [1.807, 2.05) is 24.1 Å². The van der Waals surface area contributed by atoms with E-state index in [9.17, 15) is 0 Å². The monoisotopic (exact) mass is 292 g/mol. The summed E-state index contributed by atoms with van der Waals surface area (Å²) in [5.41, 5.74) is 4.00. The van der Waals surface area contributed by atoms with Crippen LogP contribution in [0.25, 0.3) is 5.69 Å². The minimum absolute atomic E-state index is 0.977. The molecule has 2 aromatic carbocycles. The van der Waals surface area contributed by atoms with Gasteiger partial charge in [-0.3, -0.25) is 0 Å². The molecule has 0 radical (unpaired) electrons. The lowest BCUT2D eigenvalue weighted by Gasteiger charge is -2.13. The predicted molar refractivity (Wildman–Crippen MR) is 87.3 cm³/mol. The molecule has 104 valence electrons. The van der Waals surface area contributed by atoms with Crippen LogP contribution in [0.15, 0.2) is 78.0 Å². The lowest BCUT2D eigenvalue weighted by Crippen LogP contribution is -2.09. The third kappa shape index (κ3) is 2.62. The Hall–Kier alpha value is -1.97. The van der Waals surface area contributed by atoms with Gasteiger partial charge in [0.1, 0.15) is 0 Å². The summed E-state index contributed by atoms with van der Waals surface area (Å²) in [5, 5.41) is 0. The Morgan fingerprint density at radius 2 is 1.62 bits per heavy atom. The lowest BCUT2D eigenvalue weighted by molar-refractivity contribution is 0.475. The summed E-state index contributed by atoms with van der Waals surface area (Å²) in [5.74, 6) is 0. The molecule has 2 heterocycles. The summed E-state index contributed by atoms with van der Waals surface area (Å²) in [6.07, 6.45) is 4.14. The summed E-state index contributed by atoms with van der Waals surface area (Å²) in [6.45, 7) is 2.01. The van der Waals surface area contributed by atoms with Crippen LogP contribution in [0.3, 0.4) is 0 Å². The van der Waals surface area contributed by atoms with Crippen molar-refractivity contribution in [1.82, 2.24) is 8.87 Å². The van der Waals surface area contributed by atoms with E-state index in [0.29, 0.717) is 0 Å². The van der Waals surface area contributed by atoms with Crippen LogP contribution in [0.2, 0.25) is 0 Å². The van der Waals surface area contributed by atoms with Gasteiger partial charge in [-0.1, -0.05) is 30.3 Å². The summed E-state index contributed by atoms with van der Waals surface area (Å²) >= 11 is 1.86. The first-order valence-corrected chi connectivity index (χ1v) is 7.89. The molecule has 0 saturated carbocycles. The molecule has 0 amide bonds. The maximum Gasteiger partial charge on any atom is 0.0449 e. The maximum atomic E-state index is 2.41. The van der Waals surface area contributed by atoms with Crippen LogP contribution >= 0.6 is 11.9 Å². The molecule has 2 nitrogen and oxygen atoms in total. The summed E-state index contributed by atoms with van der Waals surface area (Å²) < 4.78 is 4.54. The summed E-state index contributed by atoms with van der Waals surface area (Å²) in [7, 11) is 0. The minimum Gasteiger partial charge on any atom is -0.324 e. The first-order chi connectivity index (χ1) is 10.4. The molecule has 3 heteroatoms. The van der Waals surface area contributed by atoms with Gasteiger partial charge in [-0.05, 0) is 53.4 Å². The van der Waals surface area contributed by atoms with Crippen molar-refractivity contribution < 1.29 is 0 Å². The van der Waals surface area contributed by atoms with Crippen LogP contribution in [0.1, 0.15) is 11.1 Å². The molecule has 0 fully saturated rings. The second-order valence-corrected chi connectivity index (χ2v) is 6.39. The lowest BCUT2D eigenvalue weighted by atomic mass is 10.2. The molecule has 0 spiro atoms. The highest BCUT2D eigenvalue weighted by atomic mass is 32.2. The smallest absolute Gasteiger partial charge is 0.0449 e. The maximum absolute atomic E-state index is 2.41. The standard InChI is InChI=1S/C18H16N2S/c1-2-6-18-16(5-1)14-20(21-18)13-15-7-9-17(10-8-15)19-11-3-4-12-19/h1-12H,13-14H2. The topological polar surface area (TPSA) is 8.17 Å².